The van der Waals surface area contributed by atoms with Gasteiger partial charge in [0.25, 0.3) is 0 Å². The lowest BCUT2D eigenvalue weighted by atomic mass is 10.0. The van der Waals surface area contributed by atoms with Crippen LogP contribution >= 0.6 is 0 Å². The maximum Gasteiger partial charge on any atom is 0.215 e. The molecule has 1 heterocycles. The number of hydroxylamine groups is 1. The van der Waals surface area contributed by atoms with Gasteiger partial charge in [-0.25, -0.2) is 4.74 Å². The molecule has 0 saturated carbocycles. The molecule has 5 nitrogen and oxygen atoms in total. The second-order valence-electron chi connectivity index (χ2n) is 9.00. The summed E-state index contributed by atoms with van der Waals surface area (Å²) in [7, 11) is 0. The van der Waals surface area contributed by atoms with Gasteiger partial charge in [0, 0.05) is 0 Å². The minimum atomic E-state index is -0.516. The zero-order valence-corrected chi connectivity index (χ0v) is 20.2. The Morgan fingerprint density at radius 3 is 1.77 bits per heavy atom. The highest BCUT2D eigenvalue weighted by atomic mass is 16.6. The fraction of sp³-hybridized carbons (Fsp3) is 0.300. The summed E-state index contributed by atoms with van der Waals surface area (Å²) in [5.41, 5.74) is 4.70. The molecule has 5 heteroatoms. The van der Waals surface area contributed by atoms with Crippen LogP contribution in [0.5, 0.6) is 0 Å². The van der Waals surface area contributed by atoms with Crippen molar-refractivity contribution >= 4 is 5.71 Å². The summed E-state index contributed by atoms with van der Waals surface area (Å²) in [6.45, 7) is 7.41. The molecule has 0 spiro atoms. The third-order valence-electron chi connectivity index (χ3n) is 6.03. The largest absolute Gasteiger partial charge is 0.623 e. The van der Waals surface area contributed by atoms with Crippen LogP contribution in [0.3, 0.4) is 0 Å². The van der Waals surface area contributed by atoms with E-state index in [2.05, 4.69) is 6.58 Å². The molecule has 0 aliphatic carbocycles. The van der Waals surface area contributed by atoms with E-state index in [4.69, 9.17) is 14.2 Å². The average molecular weight is 472 g/mol. The minimum Gasteiger partial charge on any atom is -0.623 e. The van der Waals surface area contributed by atoms with Gasteiger partial charge < -0.3 is 19.4 Å². The lowest BCUT2D eigenvalue weighted by Crippen LogP contribution is -2.41. The van der Waals surface area contributed by atoms with E-state index in [-0.39, 0.29) is 6.61 Å². The smallest absolute Gasteiger partial charge is 0.215 e. The number of benzene rings is 3. The number of allylic oxidation sites excluding steroid dienone is 1. The summed E-state index contributed by atoms with van der Waals surface area (Å²) in [6, 6.07) is 29.4. The zero-order chi connectivity index (χ0) is 24.5. The van der Waals surface area contributed by atoms with Gasteiger partial charge >= 0.3 is 0 Å². The van der Waals surface area contributed by atoms with Gasteiger partial charge in [0.15, 0.2) is 17.9 Å². The molecule has 0 N–H and O–H groups in total. The van der Waals surface area contributed by atoms with E-state index >= 15 is 0 Å². The molecule has 182 valence electrons. The van der Waals surface area contributed by atoms with Crippen molar-refractivity contribution in [3.63, 3.8) is 0 Å². The second kappa shape index (κ2) is 12.5. The molecule has 3 aromatic rings. The predicted octanol–water partition coefficient (Wildman–Crippen LogP) is 5.67. The average Bonchev–Trinajstić information content (AvgIpc) is 3.12. The SMILES string of the molecule is C=C(C)CC1=[N+]([O-])[C@@H](COCc2ccccc2)[C@H](OCc2ccccc2)[C@H]1OCc1ccccc1. The molecule has 35 heavy (non-hydrogen) atoms. The van der Waals surface area contributed by atoms with Crippen LogP contribution in [-0.4, -0.2) is 35.3 Å². The lowest BCUT2D eigenvalue weighted by Gasteiger charge is -2.23. The Morgan fingerprint density at radius 1 is 0.771 bits per heavy atom. The Balaban J connectivity index is 1.54. The van der Waals surface area contributed by atoms with E-state index in [0.29, 0.717) is 32.0 Å². The number of ether oxygens (including phenoxy) is 3. The minimum absolute atomic E-state index is 0.239. The topological polar surface area (TPSA) is 53.8 Å². The number of rotatable bonds is 12. The molecule has 1 aliphatic rings. The van der Waals surface area contributed by atoms with Crippen LogP contribution in [0.1, 0.15) is 30.0 Å². The highest BCUT2D eigenvalue weighted by molar-refractivity contribution is 5.88. The molecule has 0 aromatic heterocycles. The fourth-order valence-electron chi connectivity index (χ4n) is 4.30. The third kappa shape index (κ3) is 6.89. The van der Waals surface area contributed by atoms with Gasteiger partial charge in [0.1, 0.15) is 6.61 Å². The van der Waals surface area contributed by atoms with Crippen molar-refractivity contribution in [1.82, 2.24) is 0 Å². The molecule has 3 atom stereocenters. The lowest BCUT2D eigenvalue weighted by molar-refractivity contribution is -0.508. The Labute approximate surface area is 207 Å². The van der Waals surface area contributed by atoms with Gasteiger partial charge in [0.2, 0.25) is 6.04 Å². The molecule has 0 saturated heterocycles. The molecular weight excluding hydrogens is 438 g/mol. The van der Waals surface area contributed by atoms with Gasteiger partial charge in [-0.15, -0.1) is 0 Å². The van der Waals surface area contributed by atoms with Crippen molar-refractivity contribution in [1.29, 1.82) is 0 Å². The summed E-state index contributed by atoms with van der Waals surface area (Å²) in [5.74, 6) is 0. The van der Waals surface area contributed by atoms with Crippen LogP contribution in [0.15, 0.2) is 103 Å². The van der Waals surface area contributed by atoms with E-state index < -0.39 is 18.2 Å². The van der Waals surface area contributed by atoms with Crippen LogP contribution in [0.2, 0.25) is 0 Å². The van der Waals surface area contributed by atoms with Gasteiger partial charge in [-0.2, -0.15) is 0 Å². The van der Waals surface area contributed by atoms with Crippen molar-refractivity contribution < 1.29 is 18.9 Å². The molecule has 3 aromatic carbocycles. The van der Waals surface area contributed by atoms with Crippen LogP contribution < -0.4 is 0 Å². The van der Waals surface area contributed by atoms with Crippen molar-refractivity contribution in [2.45, 2.75) is 51.4 Å². The van der Waals surface area contributed by atoms with E-state index in [0.717, 1.165) is 27.0 Å². The normalized spacial score (nSPS) is 19.7. The first-order valence-electron chi connectivity index (χ1n) is 12.0. The molecule has 0 radical (unpaired) electrons. The maximum atomic E-state index is 13.5. The molecule has 1 aliphatic heterocycles. The zero-order valence-electron chi connectivity index (χ0n) is 20.2. The van der Waals surface area contributed by atoms with Gasteiger partial charge in [0.05, 0.1) is 26.2 Å². The molecule has 4 rings (SSSR count). The first-order valence-corrected chi connectivity index (χ1v) is 12.0. The maximum absolute atomic E-state index is 13.5. The van der Waals surface area contributed by atoms with Gasteiger partial charge in [-0.05, 0) is 23.6 Å². The van der Waals surface area contributed by atoms with Crippen molar-refractivity contribution in [2.24, 2.45) is 0 Å². The monoisotopic (exact) mass is 471 g/mol. The third-order valence-corrected chi connectivity index (χ3v) is 6.03. The van der Waals surface area contributed by atoms with E-state index in [9.17, 15) is 5.21 Å². The molecule has 0 fully saturated rings. The van der Waals surface area contributed by atoms with Crippen LogP contribution in [-0.2, 0) is 34.0 Å². The summed E-state index contributed by atoms with van der Waals surface area (Å²) in [4.78, 5) is 0. The predicted molar refractivity (Wildman–Crippen MR) is 138 cm³/mol. The van der Waals surface area contributed by atoms with Crippen molar-refractivity contribution in [3.8, 4) is 0 Å². The van der Waals surface area contributed by atoms with Crippen LogP contribution in [0, 0.1) is 5.21 Å². The summed E-state index contributed by atoms with van der Waals surface area (Å²) in [6.07, 6.45) is -0.497. The quantitative estimate of drug-likeness (QED) is 0.194. The van der Waals surface area contributed by atoms with Gasteiger partial charge in [-0.1, -0.05) is 103 Å². The number of hydrogen-bond acceptors (Lipinski definition) is 4. The first kappa shape index (κ1) is 24.9. The fourth-order valence-corrected chi connectivity index (χ4v) is 4.30. The summed E-state index contributed by atoms with van der Waals surface area (Å²) in [5, 5.41) is 13.5. The Kier molecular flexibility index (Phi) is 8.85. The van der Waals surface area contributed by atoms with E-state index in [1.54, 1.807) is 0 Å². The Morgan fingerprint density at radius 2 is 1.26 bits per heavy atom. The number of nitrogens with zero attached hydrogens (tertiary/aromatic N) is 1. The number of hydrogen-bond donors (Lipinski definition) is 0. The first-order chi connectivity index (χ1) is 17.1. The standard InChI is InChI=1S/C30H33NO4/c1-23(2)18-27-29(34-20-25-14-8-4-9-15-25)30(35-21-26-16-10-5-11-17-26)28(31(27)32)22-33-19-24-12-6-3-7-13-24/h3-17,28-30H,1,18-22H2,2H3/t28-,29-,30-/m0/s1. The Hall–Kier alpha value is -3.25. The molecular formula is C30H33NO4. The van der Waals surface area contributed by atoms with Crippen LogP contribution in [0.4, 0.5) is 0 Å². The Bertz CT molecular complexity index is 1100. The molecule has 0 bridgehead atoms. The van der Waals surface area contributed by atoms with E-state index in [1.807, 2.05) is 97.9 Å². The summed E-state index contributed by atoms with van der Waals surface area (Å²) >= 11 is 0. The second-order valence-corrected chi connectivity index (χ2v) is 9.00. The molecule has 0 amide bonds. The van der Waals surface area contributed by atoms with Crippen LogP contribution in [0.25, 0.3) is 0 Å². The van der Waals surface area contributed by atoms with Crippen molar-refractivity contribution in [3.05, 3.63) is 125 Å². The summed E-state index contributed by atoms with van der Waals surface area (Å²) < 4.78 is 19.8. The highest BCUT2D eigenvalue weighted by Gasteiger charge is 2.49. The van der Waals surface area contributed by atoms with Gasteiger partial charge in [-0.3, -0.25) is 0 Å². The highest BCUT2D eigenvalue weighted by Crippen LogP contribution is 2.27. The van der Waals surface area contributed by atoms with Crippen molar-refractivity contribution in [2.75, 3.05) is 6.61 Å². The van der Waals surface area contributed by atoms with E-state index in [1.165, 1.54) is 0 Å². The molecule has 0 unspecified atom stereocenters.